The molecule has 1 N–H and O–H groups in total. The SMILES string of the molecule is CC.Cc1cc(F)c(Br)c2c3c([nH]c12)CCCCC3. The molecule has 0 atom stereocenters. The number of hydrogen-bond donors (Lipinski definition) is 1. The maximum Gasteiger partial charge on any atom is 0.138 e. The van der Waals surface area contributed by atoms with Gasteiger partial charge in [0.2, 0.25) is 0 Å². The second-order valence-electron chi connectivity index (χ2n) is 4.88. The van der Waals surface area contributed by atoms with E-state index in [9.17, 15) is 4.39 Å². The number of benzene rings is 1. The molecule has 19 heavy (non-hydrogen) atoms. The van der Waals surface area contributed by atoms with Crippen molar-refractivity contribution in [2.24, 2.45) is 0 Å². The predicted octanol–water partition coefficient (Wildman–Crippen LogP) is 5.67. The summed E-state index contributed by atoms with van der Waals surface area (Å²) in [6.45, 7) is 5.97. The minimum atomic E-state index is -0.152. The molecule has 0 aliphatic heterocycles. The van der Waals surface area contributed by atoms with Gasteiger partial charge in [-0.05, 0) is 65.7 Å². The van der Waals surface area contributed by atoms with Gasteiger partial charge in [0.1, 0.15) is 5.82 Å². The third kappa shape index (κ3) is 2.58. The van der Waals surface area contributed by atoms with E-state index in [-0.39, 0.29) is 5.82 Å². The number of aryl methyl sites for hydroxylation is 3. The number of aromatic amines is 1. The Hall–Kier alpha value is -0.830. The lowest BCUT2D eigenvalue weighted by Gasteiger charge is -2.04. The lowest BCUT2D eigenvalue weighted by molar-refractivity contribution is 0.622. The molecular formula is C16H21BrFN. The van der Waals surface area contributed by atoms with Gasteiger partial charge in [0, 0.05) is 11.1 Å². The van der Waals surface area contributed by atoms with Crippen molar-refractivity contribution in [3.8, 4) is 0 Å². The number of rotatable bonds is 0. The third-order valence-corrected chi connectivity index (χ3v) is 4.49. The summed E-state index contributed by atoms with van der Waals surface area (Å²) in [7, 11) is 0. The summed E-state index contributed by atoms with van der Waals surface area (Å²) in [6, 6.07) is 1.60. The molecule has 1 nitrogen and oxygen atoms in total. The average molecular weight is 326 g/mol. The van der Waals surface area contributed by atoms with E-state index in [1.165, 1.54) is 30.5 Å². The van der Waals surface area contributed by atoms with Gasteiger partial charge in [0.25, 0.3) is 0 Å². The second-order valence-corrected chi connectivity index (χ2v) is 5.68. The topological polar surface area (TPSA) is 15.8 Å². The smallest absolute Gasteiger partial charge is 0.138 e. The van der Waals surface area contributed by atoms with Crippen LogP contribution in [-0.2, 0) is 12.8 Å². The van der Waals surface area contributed by atoms with E-state index in [1.807, 2.05) is 20.8 Å². The number of nitrogens with one attached hydrogen (secondary N) is 1. The first-order chi connectivity index (χ1) is 9.18. The summed E-state index contributed by atoms with van der Waals surface area (Å²) >= 11 is 3.40. The molecule has 0 saturated carbocycles. The van der Waals surface area contributed by atoms with Gasteiger partial charge in [-0.15, -0.1) is 0 Å². The van der Waals surface area contributed by atoms with E-state index < -0.39 is 0 Å². The molecule has 0 unspecified atom stereocenters. The summed E-state index contributed by atoms with van der Waals surface area (Å²) in [5.41, 5.74) is 4.73. The van der Waals surface area contributed by atoms with Crippen molar-refractivity contribution in [3.63, 3.8) is 0 Å². The van der Waals surface area contributed by atoms with E-state index in [0.717, 1.165) is 29.3 Å². The normalized spacial score (nSPS) is 14.6. The highest BCUT2D eigenvalue weighted by molar-refractivity contribution is 9.10. The van der Waals surface area contributed by atoms with Crippen molar-refractivity contribution in [1.82, 2.24) is 4.98 Å². The minimum Gasteiger partial charge on any atom is -0.358 e. The molecule has 1 heterocycles. The number of H-pyrrole nitrogens is 1. The van der Waals surface area contributed by atoms with E-state index in [2.05, 4.69) is 20.9 Å². The Morgan fingerprint density at radius 1 is 1.16 bits per heavy atom. The summed E-state index contributed by atoms with van der Waals surface area (Å²) in [6.07, 6.45) is 5.88. The molecule has 0 spiro atoms. The van der Waals surface area contributed by atoms with Gasteiger partial charge in [-0.1, -0.05) is 20.3 Å². The number of hydrogen-bond acceptors (Lipinski definition) is 0. The molecule has 0 bridgehead atoms. The van der Waals surface area contributed by atoms with Crippen LogP contribution in [0.5, 0.6) is 0 Å². The zero-order chi connectivity index (χ0) is 14.0. The standard InChI is InChI=1S/C14H15BrFN.C2H6/c1-8-7-10(16)13(15)12-9-5-3-2-4-6-11(9)17-14(8)12;1-2/h7,17H,2-6H2,1H3;1-2H3. The van der Waals surface area contributed by atoms with Crippen LogP contribution in [0.3, 0.4) is 0 Å². The Bertz CT molecular complexity index is 586. The van der Waals surface area contributed by atoms with Gasteiger partial charge < -0.3 is 4.98 Å². The molecule has 0 fully saturated rings. The van der Waals surface area contributed by atoms with Crippen molar-refractivity contribution in [3.05, 3.63) is 33.2 Å². The lowest BCUT2D eigenvalue weighted by atomic mass is 10.0. The lowest BCUT2D eigenvalue weighted by Crippen LogP contribution is -1.88. The van der Waals surface area contributed by atoms with Crippen molar-refractivity contribution in [2.75, 3.05) is 0 Å². The first-order valence-electron chi connectivity index (χ1n) is 7.16. The summed E-state index contributed by atoms with van der Waals surface area (Å²) in [5.74, 6) is -0.152. The Morgan fingerprint density at radius 2 is 1.84 bits per heavy atom. The van der Waals surface area contributed by atoms with Gasteiger partial charge >= 0.3 is 0 Å². The fourth-order valence-electron chi connectivity index (χ4n) is 2.84. The molecule has 1 aromatic heterocycles. The molecule has 1 aromatic carbocycles. The number of fused-ring (bicyclic) bond motifs is 3. The molecule has 3 heteroatoms. The van der Waals surface area contributed by atoms with Gasteiger partial charge in [-0.3, -0.25) is 0 Å². The third-order valence-electron chi connectivity index (χ3n) is 3.71. The zero-order valence-corrected chi connectivity index (χ0v) is 13.5. The molecule has 1 aliphatic carbocycles. The Labute approximate surface area is 122 Å². The maximum absolute atomic E-state index is 13.8. The fourth-order valence-corrected chi connectivity index (χ4v) is 3.40. The van der Waals surface area contributed by atoms with Crippen LogP contribution in [0.2, 0.25) is 0 Å². The highest BCUT2D eigenvalue weighted by Gasteiger charge is 2.19. The van der Waals surface area contributed by atoms with Crippen LogP contribution in [-0.4, -0.2) is 4.98 Å². The molecule has 1 aliphatic rings. The van der Waals surface area contributed by atoms with Crippen LogP contribution in [0.15, 0.2) is 10.5 Å². The van der Waals surface area contributed by atoms with Gasteiger partial charge in [-0.25, -0.2) is 4.39 Å². The highest BCUT2D eigenvalue weighted by Crippen LogP contribution is 2.36. The van der Waals surface area contributed by atoms with E-state index >= 15 is 0 Å². The first kappa shape index (κ1) is 14.6. The molecular weight excluding hydrogens is 305 g/mol. The van der Waals surface area contributed by atoms with Crippen LogP contribution >= 0.6 is 15.9 Å². The molecule has 104 valence electrons. The number of halogens is 2. The van der Waals surface area contributed by atoms with Crippen LogP contribution in [0, 0.1) is 12.7 Å². The summed E-state index contributed by atoms with van der Waals surface area (Å²) in [4.78, 5) is 3.50. The minimum absolute atomic E-state index is 0.152. The van der Waals surface area contributed by atoms with E-state index in [1.54, 1.807) is 6.07 Å². The average Bonchev–Trinajstić information content (AvgIpc) is 2.63. The van der Waals surface area contributed by atoms with Crippen LogP contribution in [0.4, 0.5) is 4.39 Å². The molecule has 2 aromatic rings. The van der Waals surface area contributed by atoms with Crippen LogP contribution in [0.25, 0.3) is 10.9 Å². The van der Waals surface area contributed by atoms with Crippen molar-refractivity contribution in [1.29, 1.82) is 0 Å². The number of aromatic nitrogens is 1. The van der Waals surface area contributed by atoms with Gasteiger partial charge in [0.15, 0.2) is 0 Å². The quantitative estimate of drug-likeness (QED) is 0.600. The van der Waals surface area contributed by atoms with Crippen LogP contribution in [0.1, 0.15) is 49.9 Å². The Balaban J connectivity index is 0.000000637. The van der Waals surface area contributed by atoms with E-state index in [4.69, 9.17) is 0 Å². The van der Waals surface area contributed by atoms with Gasteiger partial charge in [0.05, 0.1) is 9.99 Å². The van der Waals surface area contributed by atoms with Crippen LogP contribution < -0.4 is 0 Å². The molecule has 0 amide bonds. The fraction of sp³-hybridized carbons (Fsp3) is 0.500. The highest BCUT2D eigenvalue weighted by atomic mass is 79.9. The molecule has 3 rings (SSSR count). The molecule has 0 radical (unpaired) electrons. The Morgan fingerprint density at radius 3 is 2.58 bits per heavy atom. The predicted molar refractivity (Wildman–Crippen MR) is 83.3 cm³/mol. The first-order valence-corrected chi connectivity index (χ1v) is 7.96. The largest absolute Gasteiger partial charge is 0.358 e. The summed E-state index contributed by atoms with van der Waals surface area (Å²) in [5, 5.41) is 1.07. The zero-order valence-electron chi connectivity index (χ0n) is 11.9. The van der Waals surface area contributed by atoms with Crippen molar-refractivity contribution in [2.45, 2.75) is 52.9 Å². The summed E-state index contributed by atoms with van der Waals surface area (Å²) < 4.78 is 14.4. The Kier molecular flexibility index (Phi) is 4.67. The maximum atomic E-state index is 13.8. The van der Waals surface area contributed by atoms with Crippen molar-refractivity contribution >= 4 is 26.8 Å². The molecule has 0 saturated heterocycles. The van der Waals surface area contributed by atoms with Crippen molar-refractivity contribution < 1.29 is 4.39 Å². The van der Waals surface area contributed by atoms with Gasteiger partial charge in [-0.2, -0.15) is 0 Å². The second kappa shape index (κ2) is 6.08. The monoisotopic (exact) mass is 325 g/mol. The van der Waals surface area contributed by atoms with E-state index in [0.29, 0.717) is 4.47 Å².